The van der Waals surface area contributed by atoms with E-state index >= 15 is 0 Å². The van der Waals surface area contributed by atoms with Gasteiger partial charge in [-0.2, -0.15) is 0 Å². The quantitative estimate of drug-likeness (QED) is 0.120. The maximum atomic E-state index is 11.7. The highest BCUT2D eigenvalue weighted by Gasteiger charge is 2.52. The highest BCUT2D eigenvalue weighted by Crippen LogP contribution is 2.30. The number of ether oxygens (including phenoxy) is 5. The van der Waals surface area contributed by atoms with Crippen LogP contribution in [0.1, 0.15) is 13.8 Å². The molecule has 0 spiro atoms. The van der Waals surface area contributed by atoms with E-state index in [0.29, 0.717) is 0 Å². The van der Waals surface area contributed by atoms with Crippen molar-refractivity contribution in [3.63, 3.8) is 0 Å². The molecule has 232 valence electrons. The number of carbonyl (C=O) groups is 2. The Bertz CT molecular complexity index is 854. The zero-order chi connectivity index (χ0) is 29.9. The number of amides is 2. The third-order valence-corrected chi connectivity index (χ3v) is 6.88. The Morgan fingerprint density at radius 1 is 0.650 bits per heavy atom. The molecule has 3 aliphatic heterocycles. The van der Waals surface area contributed by atoms with Crippen LogP contribution in [0.25, 0.3) is 0 Å². The largest absolute Gasteiger partial charge is 0.394 e. The van der Waals surface area contributed by atoms with Gasteiger partial charge in [0.2, 0.25) is 11.8 Å². The highest BCUT2D eigenvalue weighted by molar-refractivity contribution is 5.73. The number of rotatable bonds is 9. The molecule has 3 heterocycles. The molecule has 1 unspecified atom stereocenters. The number of nitrogens with one attached hydrogen (secondary N) is 2. The van der Waals surface area contributed by atoms with Gasteiger partial charge in [0.15, 0.2) is 18.9 Å². The molecule has 0 aliphatic carbocycles. The van der Waals surface area contributed by atoms with Crippen molar-refractivity contribution in [1.29, 1.82) is 0 Å². The first-order valence-electron chi connectivity index (χ1n) is 12.6. The zero-order valence-electron chi connectivity index (χ0n) is 21.7. The Balaban J connectivity index is 1.76. The maximum absolute atomic E-state index is 11.7. The van der Waals surface area contributed by atoms with Crippen LogP contribution in [0.2, 0.25) is 0 Å². The summed E-state index contributed by atoms with van der Waals surface area (Å²) in [5, 5.41) is 96.6. The minimum atomic E-state index is -1.90. The molecular weight excluding hydrogens is 548 g/mol. The molecule has 0 saturated carbocycles. The van der Waals surface area contributed by atoms with Gasteiger partial charge in [0, 0.05) is 13.8 Å². The van der Waals surface area contributed by atoms with E-state index < -0.39 is 124 Å². The second-order valence-electron chi connectivity index (χ2n) is 9.85. The smallest absolute Gasteiger partial charge is 0.217 e. The topological polar surface area (TPSA) is 286 Å². The molecule has 0 radical (unpaired) electrons. The predicted octanol–water partition coefficient (Wildman–Crippen LogP) is -7.29. The van der Waals surface area contributed by atoms with E-state index in [2.05, 4.69) is 10.6 Å². The molecule has 3 fully saturated rings. The Kier molecular flexibility index (Phi) is 11.5. The second kappa shape index (κ2) is 14.0. The minimum absolute atomic E-state index is 0.607. The van der Waals surface area contributed by atoms with Crippen molar-refractivity contribution in [3.05, 3.63) is 0 Å². The summed E-state index contributed by atoms with van der Waals surface area (Å²) in [5.74, 6) is -1.25. The van der Waals surface area contributed by atoms with E-state index in [0.717, 1.165) is 13.8 Å². The van der Waals surface area contributed by atoms with E-state index in [4.69, 9.17) is 23.7 Å². The number of aliphatic hydroxyl groups is 9. The van der Waals surface area contributed by atoms with Crippen LogP contribution in [-0.2, 0) is 33.3 Å². The fraction of sp³-hybridized carbons (Fsp3) is 0.909. The lowest BCUT2D eigenvalue weighted by atomic mass is 9.95. The summed E-state index contributed by atoms with van der Waals surface area (Å²) >= 11 is 0. The molecule has 40 heavy (non-hydrogen) atoms. The molecule has 0 aromatic rings. The third kappa shape index (κ3) is 7.23. The molecule has 18 heteroatoms. The predicted molar refractivity (Wildman–Crippen MR) is 124 cm³/mol. The van der Waals surface area contributed by atoms with Crippen LogP contribution in [0.15, 0.2) is 0 Å². The van der Waals surface area contributed by atoms with E-state index in [1.54, 1.807) is 0 Å². The summed E-state index contributed by atoms with van der Waals surface area (Å²) in [6.07, 6.45) is -21.1. The standard InChI is InChI=1S/C22H38N2O16/c1-6(27)23-11-16(32)13(29)8(3-25)38-21(11)36-5-10-14(30)17(33)18(34)22(39-10)40-19-12(24-7(2)28)20(35)37-9(4-26)15(19)31/h8-22,25-26,29-35H,3-5H2,1-2H3,(H,23,27)(H,24,28)/t8-,9-,10-,11-,12-,13-,14+,15+,16-,17+,18-,19-,20?,21-,22+/m1/s1. The molecule has 3 aliphatic rings. The highest BCUT2D eigenvalue weighted by atomic mass is 16.7. The van der Waals surface area contributed by atoms with Crippen molar-refractivity contribution in [2.75, 3.05) is 19.8 Å². The first-order chi connectivity index (χ1) is 18.8. The summed E-state index contributed by atoms with van der Waals surface area (Å²) in [5.41, 5.74) is 0. The summed E-state index contributed by atoms with van der Waals surface area (Å²) in [6.45, 7) is 0.187. The van der Waals surface area contributed by atoms with Crippen LogP contribution in [0.3, 0.4) is 0 Å². The van der Waals surface area contributed by atoms with Crippen LogP contribution < -0.4 is 10.6 Å². The monoisotopic (exact) mass is 586 g/mol. The normalized spacial score (nSPS) is 46.0. The minimum Gasteiger partial charge on any atom is -0.394 e. The lowest BCUT2D eigenvalue weighted by Gasteiger charge is -2.47. The fourth-order valence-corrected chi connectivity index (χ4v) is 4.76. The number of aliphatic hydroxyl groups excluding tert-OH is 9. The van der Waals surface area contributed by atoms with E-state index in [1.807, 2.05) is 0 Å². The van der Waals surface area contributed by atoms with Crippen LogP contribution in [0.4, 0.5) is 0 Å². The van der Waals surface area contributed by atoms with Gasteiger partial charge >= 0.3 is 0 Å². The molecular formula is C22H38N2O16. The molecule has 18 nitrogen and oxygen atoms in total. The molecule has 15 atom stereocenters. The summed E-state index contributed by atoms with van der Waals surface area (Å²) in [6, 6.07) is -2.71. The zero-order valence-corrected chi connectivity index (χ0v) is 21.7. The molecule has 3 saturated heterocycles. The molecule has 0 bridgehead atoms. The van der Waals surface area contributed by atoms with E-state index in [9.17, 15) is 55.5 Å². The molecule has 2 amide bonds. The van der Waals surface area contributed by atoms with E-state index in [-0.39, 0.29) is 0 Å². The molecule has 0 aromatic carbocycles. The van der Waals surface area contributed by atoms with Gasteiger partial charge in [0.25, 0.3) is 0 Å². The Hall–Kier alpha value is -1.62. The fourth-order valence-electron chi connectivity index (χ4n) is 4.76. The van der Waals surface area contributed by atoms with Crippen molar-refractivity contribution in [2.24, 2.45) is 0 Å². The van der Waals surface area contributed by atoms with Gasteiger partial charge in [-0.25, -0.2) is 0 Å². The first kappa shape index (κ1) is 32.9. The third-order valence-electron chi connectivity index (χ3n) is 6.88. The summed E-state index contributed by atoms with van der Waals surface area (Å²) in [7, 11) is 0. The van der Waals surface area contributed by atoms with Gasteiger partial charge in [-0.3, -0.25) is 9.59 Å². The number of hydrogen-bond donors (Lipinski definition) is 11. The van der Waals surface area contributed by atoms with Gasteiger partial charge in [0.1, 0.15) is 73.1 Å². The average molecular weight is 587 g/mol. The van der Waals surface area contributed by atoms with Gasteiger partial charge in [0.05, 0.1) is 19.8 Å². The van der Waals surface area contributed by atoms with Crippen molar-refractivity contribution in [2.45, 2.75) is 106 Å². The summed E-state index contributed by atoms with van der Waals surface area (Å²) in [4.78, 5) is 23.3. The van der Waals surface area contributed by atoms with Crippen LogP contribution in [-0.4, -0.2) is 170 Å². The van der Waals surface area contributed by atoms with Crippen LogP contribution >= 0.6 is 0 Å². The van der Waals surface area contributed by atoms with Crippen LogP contribution in [0, 0.1) is 0 Å². The van der Waals surface area contributed by atoms with Crippen molar-refractivity contribution in [3.8, 4) is 0 Å². The number of hydrogen-bond acceptors (Lipinski definition) is 16. The van der Waals surface area contributed by atoms with E-state index in [1.165, 1.54) is 0 Å². The van der Waals surface area contributed by atoms with Crippen LogP contribution in [0.5, 0.6) is 0 Å². The summed E-state index contributed by atoms with van der Waals surface area (Å²) < 4.78 is 27.3. The maximum Gasteiger partial charge on any atom is 0.217 e. The number of carbonyl (C=O) groups excluding carboxylic acids is 2. The Morgan fingerprint density at radius 2 is 1.18 bits per heavy atom. The molecule has 3 rings (SSSR count). The molecule has 0 aromatic heterocycles. The average Bonchev–Trinajstić information content (AvgIpc) is 2.90. The SMILES string of the molecule is CC(=O)N[C@H]1[C@H](OC[C@H]2O[C@@H](O[C@H]3[C@@H](O)[C@@H](CO)OC(O)[C@@H]3NC(C)=O)[C@H](O)[C@@H](O)[C@H]2O)O[C@H](CO)[C@@H](O)[C@@H]1O. The van der Waals surface area contributed by atoms with Crippen molar-refractivity contribution >= 4 is 11.8 Å². The second-order valence-corrected chi connectivity index (χ2v) is 9.85. The Morgan fingerprint density at radius 3 is 1.75 bits per heavy atom. The van der Waals surface area contributed by atoms with Gasteiger partial charge in [-0.15, -0.1) is 0 Å². The van der Waals surface area contributed by atoms with Gasteiger partial charge in [-0.05, 0) is 0 Å². The lowest BCUT2D eigenvalue weighted by Crippen LogP contribution is -2.68. The van der Waals surface area contributed by atoms with Crippen molar-refractivity contribution in [1.82, 2.24) is 10.6 Å². The Labute approximate surface area is 228 Å². The van der Waals surface area contributed by atoms with Crippen molar-refractivity contribution < 1.29 is 79.2 Å². The van der Waals surface area contributed by atoms with Gasteiger partial charge < -0.3 is 80.3 Å². The lowest BCUT2D eigenvalue weighted by molar-refractivity contribution is -0.348. The van der Waals surface area contributed by atoms with Gasteiger partial charge in [-0.1, -0.05) is 0 Å². The molecule has 11 N–H and O–H groups in total. The first-order valence-corrected chi connectivity index (χ1v) is 12.6.